The summed E-state index contributed by atoms with van der Waals surface area (Å²) in [7, 11) is 0. The predicted octanol–water partition coefficient (Wildman–Crippen LogP) is 3.28. The minimum atomic E-state index is 0.816. The highest BCUT2D eigenvalue weighted by Crippen LogP contribution is 2.27. The number of rotatable bonds is 5. The Kier molecular flexibility index (Phi) is 4.65. The van der Waals surface area contributed by atoms with E-state index in [2.05, 4.69) is 55.3 Å². The molecule has 1 aliphatic heterocycles. The summed E-state index contributed by atoms with van der Waals surface area (Å²) in [5.41, 5.74) is 2.76. The fraction of sp³-hybridized carbons (Fsp3) is 0.625. The molecule has 0 aliphatic carbocycles. The summed E-state index contributed by atoms with van der Waals surface area (Å²) >= 11 is 0. The SMILES string of the molecule is CCCNCc1ccc(N2CC(C)C(C)C2)cc1. The van der Waals surface area contributed by atoms with Crippen LogP contribution in [-0.4, -0.2) is 19.6 Å². The second-order valence-electron chi connectivity index (χ2n) is 5.70. The van der Waals surface area contributed by atoms with Gasteiger partial charge < -0.3 is 10.2 Å². The van der Waals surface area contributed by atoms with Gasteiger partial charge in [-0.1, -0.05) is 32.9 Å². The highest BCUT2D eigenvalue weighted by molar-refractivity contribution is 5.48. The predicted molar refractivity (Wildman–Crippen MR) is 79.0 cm³/mol. The molecule has 1 aliphatic rings. The number of nitrogens with one attached hydrogen (secondary N) is 1. The Morgan fingerprint density at radius 3 is 2.28 bits per heavy atom. The lowest BCUT2D eigenvalue weighted by atomic mass is 10.0. The minimum absolute atomic E-state index is 0.816. The Bertz CT molecular complexity index is 348. The summed E-state index contributed by atoms with van der Waals surface area (Å²) in [6.07, 6.45) is 1.20. The molecule has 0 spiro atoms. The third-order valence-corrected chi connectivity index (χ3v) is 4.05. The van der Waals surface area contributed by atoms with E-state index < -0.39 is 0 Å². The van der Waals surface area contributed by atoms with Gasteiger partial charge in [0.05, 0.1) is 0 Å². The van der Waals surface area contributed by atoms with Crippen LogP contribution in [0, 0.1) is 11.8 Å². The van der Waals surface area contributed by atoms with Gasteiger partial charge in [0, 0.05) is 25.3 Å². The van der Waals surface area contributed by atoms with E-state index in [-0.39, 0.29) is 0 Å². The molecule has 1 fully saturated rings. The van der Waals surface area contributed by atoms with Crippen LogP contribution in [0.5, 0.6) is 0 Å². The molecular formula is C16H26N2. The van der Waals surface area contributed by atoms with Crippen molar-refractivity contribution in [1.29, 1.82) is 0 Å². The van der Waals surface area contributed by atoms with Gasteiger partial charge in [0.15, 0.2) is 0 Å². The summed E-state index contributed by atoms with van der Waals surface area (Å²) in [5, 5.41) is 3.44. The maximum absolute atomic E-state index is 3.44. The number of nitrogens with zero attached hydrogens (tertiary/aromatic N) is 1. The van der Waals surface area contributed by atoms with Crippen LogP contribution in [0.25, 0.3) is 0 Å². The molecule has 2 atom stereocenters. The number of hydrogen-bond donors (Lipinski definition) is 1. The first-order valence-corrected chi connectivity index (χ1v) is 7.25. The zero-order valence-electron chi connectivity index (χ0n) is 11.9. The number of benzene rings is 1. The fourth-order valence-corrected chi connectivity index (χ4v) is 2.57. The summed E-state index contributed by atoms with van der Waals surface area (Å²) in [6, 6.07) is 9.05. The van der Waals surface area contributed by atoms with Crippen molar-refractivity contribution in [3.63, 3.8) is 0 Å². The Balaban J connectivity index is 1.91. The van der Waals surface area contributed by atoms with E-state index in [0.29, 0.717) is 0 Å². The molecule has 1 saturated heterocycles. The average molecular weight is 246 g/mol. The fourth-order valence-electron chi connectivity index (χ4n) is 2.57. The van der Waals surface area contributed by atoms with Gasteiger partial charge in [0.2, 0.25) is 0 Å². The first-order valence-electron chi connectivity index (χ1n) is 7.25. The molecule has 1 aromatic carbocycles. The largest absolute Gasteiger partial charge is 0.371 e. The topological polar surface area (TPSA) is 15.3 Å². The molecule has 2 nitrogen and oxygen atoms in total. The molecule has 2 heteroatoms. The molecular weight excluding hydrogens is 220 g/mol. The van der Waals surface area contributed by atoms with Gasteiger partial charge in [0.25, 0.3) is 0 Å². The Labute approximate surface area is 111 Å². The van der Waals surface area contributed by atoms with Crippen LogP contribution in [0.3, 0.4) is 0 Å². The summed E-state index contributed by atoms with van der Waals surface area (Å²) in [4.78, 5) is 2.51. The third-order valence-electron chi connectivity index (χ3n) is 4.05. The van der Waals surface area contributed by atoms with Gasteiger partial charge in [0.1, 0.15) is 0 Å². The van der Waals surface area contributed by atoms with E-state index in [1.807, 2.05) is 0 Å². The van der Waals surface area contributed by atoms with Gasteiger partial charge >= 0.3 is 0 Å². The molecule has 0 bridgehead atoms. The van der Waals surface area contributed by atoms with Crippen LogP contribution in [0.4, 0.5) is 5.69 Å². The van der Waals surface area contributed by atoms with Crippen molar-refractivity contribution in [3.8, 4) is 0 Å². The van der Waals surface area contributed by atoms with E-state index in [1.54, 1.807) is 0 Å². The monoisotopic (exact) mass is 246 g/mol. The zero-order chi connectivity index (χ0) is 13.0. The lowest BCUT2D eigenvalue weighted by molar-refractivity contribution is 0.494. The Hall–Kier alpha value is -1.02. The normalized spacial score (nSPS) is 23.6. The van der Waals surface area contributed by atoms with Crippen molar-refractivity contribution in [2.45, 2.75) is 33.7 Å². The van der Waals surface area contributed by atoms with Crippen LogP contribution in [0.15, 0.2) is 24.3 Å². The van der Waals surface area contributed by atoms with Crippen LogP contribution in [-0.2, 0) is 6.54 Å². The molecule has 0 amide bonds. The number of hydrogen-bond acceptors (Lipinski definition) is 2. The zero-order valence-corrected chi connectivity index (χ0v) is 11.9. The van der Waals surface area contributed by atoms with Gasteiger partial charge in [-0.15, -0.1) is 0 Å². The molecule has 0 aromatic heterocycles. The lowest BCUT2D eigenvalue weighted by Gasteiger charge is -2.18. The van der Waals surface area contributed by atoms with Crippen LogP contribution in [0.2, 0.25) is 0 Å². The molecule has 2 unspecified atom stereocenters. The summed E-state index contributed by atoms with van der Waals surface area (Å²) in [6.45, 7) is 11.4. The van der Waals surface area contributed by atoms with Crippen molar-refractivity contribution in [2.75, 3.05) is 24.5 Å². The molecule has 2 rings (SSSR count). The smallest absolute Gasteiger partial charge is 0.0366 e. The highest BCUT2D eigenvalue weighted by Gasteiger charge is 2.25. The first kappa shape index (κ1) is 13.4. The lowest BCUT2D eigenvalue weighted by Crippen LogP contribution is -2.19. The Morgan fingerprint density at radius 1 is 1.11 bits per heavy atom. The molecule has 100 valence electrons. The van der Waals surface area contributed by atoms with E-state index in [9.17, 15) is 0 Å². The van der Waals surface area contributed by atoms with Crippen molar-refractivity contribution in [3.05, 3.63) is 29.8 Å². The first-order chi connectivity index (χ1) is 8.70. The van der Waals surface area contributed by atoms with Crippen LogP contribution in [0.1, 0.15) is 32.8 Å². The highest BCUT2D eigenvalue weighted by atomic mass is 15.2. The standard InChI is InChI=1S/C16H26N2/c1-4-9-17-10-15-5-7-16(8-6-15)18-11-13(2)14(3)12-18/h5-8,13-14,17H,4,9-12H2,1-3H3. The van der Waals surface area contributed by atoms with E-state index in [4.69, 9.17) is 0 Å². The van der Waals surface area contributed by atoms with Crippen molar-refractivity contribution < 1.29 is 0 Å². The van der Waals surface area contributed by atoms with Crippen LogP contribution >= 0.6 is 0 Å². The van der Waals surface area contributed by atoms with Gasteiger partial charge in [-0.05, 0) is 42.5 Å². The summed E-state index contributed by atoms with van der Waals surface area (Å²) in [5.74, 6) is 1.63. The molecule has 18 heavy (non-hydrogen) atoms. The summed E-state index contributed by atoms with van der Waals surface area (Å²) < 4.78 is 0. The van der Waals surface area contributed by atoms with E-state index in [1.165, 1.54) is 30.8 Å². The van der Waals surface area contributed by atoms with E-state index >= 15 is 0 Å². The molecule has 1 aromatic rings. The minimum Gasteiger partial charge on any atom is -0.371 e. The molecule has 1 N–H and O–H groups in total. The number of anilines is 1. The molecule has 1 heterocycles. The van der Waals surface area contributed by atoms with Crippen molar-refractivity contribution in [2.24, 2.45) is 11.8 Å². The molecule has 0 radical (unpaired) electrons. The quantitative estimate of drug-likeness (QED) is 0.802. The van der Waals surface area contributed by atoms with E-state index in [0.717, 1.165) is 24.9 Å². The van der Waals surface area contributed by atoms with Gasteiger partial charge in [-0.25, -0.2) is 0 Å². The second-order valence-corrected chi connectivity index (χ2v) is 5.70. The second kappa shape index (κ2) is 6.24. The Morgan fingerprint density at radius 2 is 1.72 bits per heavy atom. The third kappa shape index (κ3) is 3.26. The average Bonchev–Trinajstić information content (AvgIpc) is 2.71. The van der Waals surface area contributed by atoms with Crippen LogP contribution < -0.4 is 10.2 Å². The van der Waals surface area contributed by atoms with Gasteiger partial charge in [-0.2, -0.15) is 0 Å². The van der Waals surface area contributed by atoms with Crippen molar-refractivity contribution in [1.82, 2.24) is 5.32 Å². The molecule has 0 saturated carbocycles. The maximum Gasteiger partial charge on any atom is 0.0366 e. The van der Waals surface area contributed by atoms with Gasteiger partial charge in [-0.3, -0.25) is 0 Å². The maximum atomic E-state index is 3.44. The van der Waals surface area contributed by atoms with Crippen molar-refractivity contribution >= 4 is 5.69 Å².